The van der Waals surface area contributed by atoms with Gasteiger partial charge in [-0.2, -0.15) is 0 Å². The predicted molar refractivity (Wildman–Crippen MR) is 119 cm³/mol. The maximum absolute atomic E-state index is 11.4. The van der Waals surface area contributed by atoms with Gasteiger partial charge in [-0.1, -0.05) is 41.4 Å². The highest BCUT2D eigenvalue weighted by atomic mass is 35.5. The van der Waals surface area contributed by atoms with E-state index >= 15 is 0 Å². The number of carboxylic acids is 1. The summed E-state index contributed by atoms with van der Waals surface area (Å²) in [7, 11) is 0. The zero-order chi connectivity index (χ0) is 21.1. The van der Waals surface area contributed by atoms with Crippen molar-refractivity contribution < 1.29 is 14.6 Å². The summed E-state index contributed by atoms with van der Waals surface area (Å²) < 4.78 is 6.13. The fourth-order valence-electron chi connectivity index (χ4n) is 3.72. The van der Waals surface area contributed by atoms with Crippen LogP contribution >= 0.6 is 23.2 Å². The summed E-state index contributed by atoms with van der Waals surface area (Å²) in [6, 6.07) is 14.8. The average Bonchev–Trinajstić information content (AvgIpc) is 3.24. The van der Waals surface area contributed by atoms with Gasteiger partial charge in [0.2, 0.25) is 0 Å². The summed E-state index contributed by atoms with van der Waals surface area (Å²) in [5, 5.41) is 10.6. The van der Waals surface area contributed by atoms with E-state index in [4.69, 9.17) is 27.9 Å². The van der Waals surface area contributed by atoms with Crippen molar-refractivity contribution in [2.75, 3.05) is 0 Å². The summed E-state index contributed by atoms with van der Waals surface area (Å²) in [6.45, 7) is 0.340. The number of carboxylic acid groups (broad SMARTS) is 1. The van der Waals surface area contributed by atoms with E-state index in [0.717, 1.165) is 52.8 Å². The maximum Gasteiger partial charge on any atom is 0.337 e. The fraction of sp³-hybridized carbons (Fsp3) is 0.167. The maximum atomic E-state index is 11.4. The van der Waals surface area contributed by atoms with Crippen LogP contribution in [0.5, 0.6) is 5.75 Å². The average molecular weight is 440 g/mol. The molecule has 0 saturated carbocycles. The van der Waals surface area contributed by atoms with Crippen LogP contribution in [0.15, 0.2) is 60.9 Å². The van der Waals surface area contributed by atoms with Crippen LogP contribution in [0.1, 0.15) is 46.3 Å². The third kappa shape index (κ3) is 4.35. The zero-order valence-electron chi connectivity index (χ0n) is 16.1. The lowest BCUT2D eigenvalue weighted by molar-refractivity contribution is 0.0696. The number of rotatable bonds is 6. The Labute approximate surface area is 184 Å². The molecular weight excluding hydrogens is 421 g/mol. The highest BCUT2D eigenvalue weighted by Gasteiger charge is 2.22. The smallest absolute Gasteiger partial charge is 0.337 e. The molecule has 0 unspecified atom stereocenters. The Morgan fingerprint density at radius 2 is 1.83 bits per heavy atom. The molecule has 0 saturated heterocycles. The summed E-state index contributed by atoms with van der Waals surface area (Å²) >= 11 is 12.6. The van der Waals surface area contributed by atoms with E-state index < -0.39 is 5.97 Å². The van der Waals surface area contributed by atoms with Crippen molar-refractivity contribution in [2.24, 2.45) is 0 Å². The van der Waals surface area contributed by atoms with Gasteiger partial charge in [0.25, 0.3) is 0 Å². The first-order valence-corrected chi connectivity index (χ1v) is 10.4. The van der Waals surface area contributed by atoms with Crippen LogP contribution in [0.3, 0.4) is 0 Å². The second-order valence-corrected chi connectivity index (χ2v) is 7.94. The number of hydrogen-bond acceptors (Lipinski definition) is 3. The summed E-state index contributed by atoms with van der Waals surface area (Å²) in [5.41, 5.74) is 5.00. The second-order valence-electron chi connectivity index (χ2n) is 7.10. The molecule has 1 heterocycles. The molecule has 1 aromatic heterocycles. The fourth-order valence-corrected chi connectivity index (χ4v) is 4.08. The number of allylic oxidation sites excluding steroid dienone is 2. The first-order chi connectivity index (χ1) is 14.5. The van der Waals surface area contributed by atoms with Crippen LogP contribution < -0.4 is 4.74 Å². The van der Waals surface area contributed by atoms with E-state index in [9.17, 15) is 9.90 Å². The number of aromatic nitrogens is 1. The minimum absolute atomic E-state index is 0.174. The molecule has 0 aliphatic heterocycles. The summed E-state index contributed by atoms with van der Waals surface area (Å²) in [6.07, 6.45) is 5.74. The molecule has 0 bridgehead atoms. The van der Waals surface area contributed by atoms with Gasteiger partial charge in [-0.15, -0.1) is 0 Å². The Morgan fingerprint density at radius 1 is 1.03 bits per heavy atom. The molecule has 1 aliphatic carbocycles. The van der Waals surface area contributed by atoms with Crippen LogP contribution in [-0.4, -0.2) is 16.1 Å². The zero-order valence-corrected chi connectivity index (χ0v) is 17.6. The molecule has 0 spiro atoms. The molecule has 30 heavy (non-hydrogen) atoms. The molecule has 6 heteroatoms. The first kappa shape index (κ1) is 20.5. The van der Waals surface area contributed by atoms with Gasteiger partial charge in [0.1, 0.15) is 12.4 Å². The molecule has 2 aromatic carbocycles. The third-order valence-electron chi connectivity index (χ3n) is 5.16. The molecule has 3 aromatic rings. The Kier molecular flexibility index (Phi) is 6.07. The monoisotopic (exact) mass is 439 g/mol. The van der Waals surface area contributed by atoms with Gasteiger partial charge in [-0.3, -0.25) is 4.98 Å². The number of benzene rings is 2. The lowest BCUT2D eigenvalue weighted by Gasteiger charge is -2.15. The van der Waals surface area contributed by atoms with Crippen molar-refractivity contribution in [3.05, 3.63) is 93.2 Å². The first-order valence-electron chi connectivity index (χ1n) is 9.60. The molecule has 1 aliphatic rings. The molecule has 0 atom stereocenters. The Hall–Kier alpha value is -2.82. The second kappa shape index (κ2) is 8.90. The Morgan fingerprint density at radius 3 is 2.63 bits per heavy atom. The van der Waals surface area contributed by atoms with Crippen molar-refractivity contribution in [3.63, 3.8) is 0 Å². The quantitative estimate of drug-likeness (QED) is 0.460. The third-order valence-corrected chi connectivity index (χ3v) is 5.76. The van der Waals surface area contributed by atoms with Crippen LogP contribution in [0, 0.1) is 0 Å². The van der Waals surface area contributed by atoms with Crippen molar-refractivity contribution in [1.29, 1.82) is 0 Å². The topological polar surface area (TPSA) is 59.4 Å². The van der Waals surface area contributed by atoms with E-state index in [1.165, 1.54) is 6.20 Å². The number of carbonyl (C=O) groups is 1. The van der Waals surface area contributed by atoms with Gasteiger partial charge < -0.3 is 9.84 Å². The lowest BCUT2D eigenvalue weighted by atomic mass is 9.96. The SMILES string of the molecule is O=C(O)c1cncc(C2=C(c3cc(Cl)ccc3OCc3ccccc3Cl)CCC2)c1. The van der Waals surface area contributed by atoms with E-state index in [1.54, 1.807) is 18.3 Å². The number of halogens is 2. The number of nitrogens with zero attached hydrogens (tertiary/aromatic N) is 1. The minimum Gasteiger partial charge on any atom is -0.488 e. The summed E-state index contributed by atoms with van der Waals surface area (Å²) in [4.78, 5) is 15.5. The highest BCUT2D eigenvalue weighted by molar-refractivity contribution is 6.31. The Balaban J connectivity index is 1.72. The molecule has 152 valence electrons. The molecule has 4 rings (SSSR count). The van der Waals surface area contributed by atoms with Crippen LogP contribution in [0.25, 0.3) is 11.1 Å². The molecule has 4 nitrogen and oxygen atoms in total. The van der Waals surface area contributed by atoms with Gasteiger partial charge in [0, 0.05) is 33.6 Å². The van der Waals surface area contributed by atoms with E-state index in [2.05, 4.69) is 4.98 Å². The van der Waals surface area contributed by atoms with Crippen LogP contribution in [0.2, 0.25) is 10.0 Å². The van der Waals surface area contributed by atoms with Crippen molar-refractivity contribution in [3.8, 4) is 5.75 Å². The van der Waals surface area contributed by atoms with Gasteiger partial charge >= 0.3 is 5.97 Å². The van der Waals surface area contributed by atoms with E-state index in [-0.39, 0.29) is 5.56 Å². The largest absolute Gasteiger partial charge is 0.488 e. The van der Waals surface area contributed by atoms with Crippen LogP contribution in [0.4, 0.5) is 0 Å². The minimum atomic E-state index is -0.990. The molecular formula is C24H19Cl2NO3. The standard InChI is InChI=1S/C24H19Cl2NO3/c25-18-8-9-23(30-14-15-4-1-2-7-22(15)26)21(11-18)20-6-3-5-19(20)16-10-17(24(28)29)13-27-12-16/h1-2,4,7-13H,3,5-6,14H2,(H,28,29). The van der Waals surface area contributed by atoms with E-state index in [1.807, 2.05) is 36.4 Å². The van der Waals surface area contributed by atoms with Crippen molar-refractivity contribution in [2.45, 2.75) is 25.9 Å². The number of ether oxygens (including phenoxy) is 1. The number of aromatic carboxylic acids is 1. The van der Waals surface area contributed by atoms with Crippen molar-refractivity contribution >= 4 is 40.3 Å². The molecule has 0 fully saturated rings. The van der Waals surface area contributed by atoms with Gasteiger partial charge in [0.15, 0.2) is 0 Å². The van der Waals surface area contributed by atoms with E-state index in [0.29, 0.717) is 16.7 Å². The molecule has 0 radical (unpaired) electrons. The number of hydrogen-bond donors (Lipinski definition) is 1. The van der Waals surface area contributed by atoms with Crippen molar-refractivity contribution in [1.82, 2.24) is 4.98 Å². The highest BCUT2D eigenvalue weighted by Crippen LogP contribution is 2.43. The lowest BCUT2D eigenvalue weighted by Crippen LogP contribution is -2.00. The molecule has 1 N–H and O–H groups in total. The van der Waals surface area contributed by atoms with Crippen LogP contribution in [-0.2, 0) is 6.61 Å². The van der Waals surface area contributed by atoms with Gasteiger partial charge in [0.05, 0.1) is 5.56 Å². The Bertz CT molecular complexity index is 1140. The molecule has 0 amide bonds. The van der Waals surface area contributed by atoms with Gasteiger partial charge in [-0.05, 0) is 66.3 Å². The van der Waals surface area contributed by atoms with Gasteiger partial charge in [-0.25, -0.2) is 4.79 Å². The predicted octanol–water partition coefficient (Wildman–Crippen LogP) is 6.76. The number of pyridine rings is 1. The summed E-state index contributed by atoms with van der Waals surface area (Å²) in [5.74, 6) is -0.271. The normalized spacial score (nSPS) is 13.5.